The van der Waals surface area contributed by atoms with Crippen molar-refractivity contribution in [2.75, 3.05) is 12.3 Å². The van der Waals surface area contributed by atoms with Crippen molar-refractivity contribution in [2.45, 2.75) is 29.9 Å². The number of nitrogens with two attached hydrogens (primary N) is 1. The molecular weight excluding hydrogens is 372 g/mol. The highest BCUT2D eigenvalue weighted by Gasteiger charge is 2.28. The molecular formula is C18H21BrN2OS. The lowest BCUT2D eigenvalue weighted by Crippen LogP contribution is -2.40. The number of rotatable bonds is 6. The average molecular weight is 393 g/mol. The van der Waals surface area contributed by atoms with Crippen LogP contribution in [0.5, 0.6) is 0 Å². The van der Waals surface area contributed by atoms with Gasteiger partial charge in [0.2, 0.25) is 5.91 Å². The third-order valence-electron chi connectivity index (χ3n) is 3.41. The maximum atomic E-state index is 12.4. The number of amides is 1. The number of hydrogen-bond donors (Lipinski definition) is 2. The molecule has 122 valence electrons. The van der Waals surface area contributed by atoms with Gasteiger partial charge < -0.3 is 11.1 Å². The fourth-order valence-electron chi connectivity index (χ4n) is 2.06. The smallest absolute Gasteiger partial charge is 0.236 e. The average Bonchev–Trinajstić information content (AvgIpc) is 2.51. The number of halogens is 1. The van der Waals surface area contributed by atoms with Crippen molar-refractivity contribution < 1.29 is 4.79 Å². The van der Waals surface area contributed by atoms with E-state index in [0.29, 0.717) is 6.54 Å². The summed E-state index contributed by atoms with van der Waals surface area (Å²) in [5.41, 5.74) is 7.59. The van der Waals surface area contributed by atoms with Crippen LogP contribution in [0.15, 0.2) is 57.9 Å². The molecule has 1 amide bonds. The van der Waals surface area contributed by atoms with E-state index >= 15 is 0 Å². The third-order valence-corrected chi connectivity index (χ3v) is 5.14. The topological polar surface area (TPSA) is 55.1 Å². The first-order valence-electron chi connectivity index (χ1n) is 7.44. The highest BCUT2D eigenvalue weighted by Crippen LogP contribution is 2.33. The molecule has 0 radical (unpaired) electrons. The summed E-state index contributed by atoms with van der Waals surface area (Å²) < 4.78 is 0.516. The molecule has 0 unspecified atom stereocenters. The molecule has 0 saturated carbocycles. The number of thioether (sulfide) groups is 1. The van der Waals surface area contributed by atoms with Crippen LogP contribution in [0, 0.1) is 0 Å². The highest BCUT2D eigenvalue weighted by molar-refractivity contribution is 9.10. The molecule has 3 nitrogen and oxygen atoms in total. The maximum Gasteiger partial charge on any atom is 0.236 e. The van der Waals surface area contributed by atoms with E-state index in [0.717, 1.165) is 27.0 Å². The SMILES string of the molecule is CC(C)(Sc1ccc(Br)cc1)C(=O)NCCc1ccc(N)cc1. The molecule has 5 heteroatoms. The fraction of sp³-hybridized carbons (Fsp3) is 0.278. The van der Waals surface area contributed by atoms with E-state index in [4.69, 9.17) is 5.73 Å². The predicted molar refractivity (Wildman–Crippen MR) is 102 cm³/mol. The lowest BCUT2D eigenvalue weighted by Gasteiger charge is -2.23. The van der Waals surface area contributed by atoms with E-state index in [2.05, 4.69) is 21.2 Å². The van der Waals surface area contributed by atoms with Gasteiger partial charge in [-0.1, -0.05) is 28.1 Å². The Bertz CT molecular complexity index is 654. The number of nitrogens with one attached hydrogen (secondary N) is 1. The van der Waals surface area contributed by atoms with Crippen molar-refractivity contribution in [3.05, 3.63) is 58.6 Å². The Kier molecular flexibility index (Phi) is 6.13. The van der Waals surface area contributed by atoms with Gasteiger partial charge in [0, 0.05) is 21.6 Å². The zero-order valence-electron chi connectivity index (χ0n) is 13.3. The van der Waals surface area contributed by atoms with Gasteiger partial charge >= 0.3 is 0 Å². The minimum absolute atomic E-state index is 0.0425. The first-order valence-corrected chi connectivity index (χ1v) is 9.05. The zero-order valence-corrected chi connectivity index (χ0v) is 15.7. The second-order valence-electron chi connectivity index (χ2n) is 5.81. The maximum absolute atomic E-state index is 12.4. The molecule has 0 fully saturated rings. The number of hydrogen-bond acceptors (Lipinski definition) is 3. The van der Waals surface area contributed by atoms with Crippen molar-refractivity contribution in [1.29, 1.82) is 0 Å². The molecule has 0 aliphatic heterocycles. The Hall–Kier alpha value is -1.46. The lowest BCUT2D eigenvalue weighted by molar-refractivity contribution is -0.122. The molecule has 0 aromatic heterocycles. The number of nitrogen functional groups attached to an aromatic ring is 1. The van der Waals surface area contributed by atoms with Gasteiger partial charge in [-0.05, 0) is 62.2 Å². The fourth-order valence-corrected chi connectivity index (χ4v) is 3.35. The largest absolute Gasteiger partial charge is 0.399 e. The minimum Gasteiger partial charge on any atom is -0.399 e. The molecule has 2 aromatic rings. The van der Waals surface area contributed by atoms with E-state index in [1.807, 2.05) is 62.4 Å². The van der Waals surface area contributed by atoms with Crippen LogP contribution in [0.3, 0.4) is 0 Å². The van der Waals surface area contributed by atoms with Crippen molar-refractivity contribution in [3.63, 3.8) is 0 Å². The van der Waals surface area contributed by atoms with Crippen LogP contribution in [0.4, 0.5) is 5.69 Å². The zero-order chi connectivity index (χ0) is 16.9. The monoisotopic (exact) mass is 392 g/mol. The Morgan fingerprint density at radius 3 is 2.35 bits per heavy atom. The van der Waals surface area contributed by atoms with Gasteiger partial charge in [0.15, 0.2) is 0 Å². The summed E-state index contributed by atoms with van der Waals surface area (Å²) in [6, 6.07) is 15.7. The summed E-state index contributed by atoms with van der Waals surface area (Å²) in [6.45, 7) is 4.50. The first-order chi connectivity index (χ1) is 10.9. The molecule has 2 aromatic carbocycles. The summed E-state index contributed by atoms with van der Waals surface area (Å²) in [7, 11) is 0. The summed E-state index contributed by atoms with van der Waals surface area (Å²) in [4.78, 5) is 13.5. The van der Waals surface area contributed by atoms with Gasteiger partial charge in [-0.3, -0.25) is 4.79 Å². The molecule has 0 saturated heterocycles. The van der Waals surface area contributed by atoms with E-state index in [1.54, 1.807) is 11.8 Å². The quantitative estimate of drug-likeness (QED) is 0.570. The van der Waals surface area contributed by atoms with Crippen LogP contribution in [0.25, 0.3) is 0 Å². The van der Waals surface area contributed by atoms with Gasteiger partial charge in [-0.2, -0.15) is 0 Å². The standard InChI is InChI=1S/C18H21BrN2OS/c1-18(2,23-16-9-5-14(19)6-10-16)17(22)21-12-11-13-3-7-15(20)8-4-13/h3-10H,11-12,20H2,1-2H3,(H,21,22). The van der Waals surface area contributed by atoms with Crippen LogP contribution in [-0.2, 0) is 11.2 Å². The van der Waals surface area contributed by atoms with E-state index in [1.165, 1.54) is 0 Å². The summed E-state index contributed by atoms with van der Waals surface area (Å²) in [5, 5.41) is 3.02. The minimum atomic E-state index is -0.519. The molecule has 0 heterocycles. The lowest BCUT2D eigenvalue weighted by atomic mass is 10.1. The summed E-state index contributed by atoms with van der Waals surface area (Å²) in [6.07, 6.45) is 0.797. The van der Waals surface area contributed by atoms with Gasteiger partial charge in [-0.25, -0.2) is 0 Å². The van der Waals surface area contributed by atoms with Crippen molar-refractivity contribution in [3.8, 4) is 0 Å². The van der Waals surface area contributed by atoms with E-state index in [9.17, 15) is 4.79 Å². The van der Waals surface area contributed by atoms with Gasteiger partial charge in [0.25, 0.3) is 0 Å². The molecule has 0 atom stereocenters. The summed E-state index contributed by atoms with van der Waals surface area (Å²) in [5.74, 6) is 0.0425. The predicted octanol–water partition coefficient (Wildman–Crippen LogP) is 4.26. The molecule has 0 spiro atoms. The number of benzene rings is 2. The second-order valence-corrected chi connectivity index (χ2v) is 8.43. The van der Waals surface area contributed by atoms with Crippen molar-refractivity contribution >= 4 is 39.3 Å². The number of carbonyl (C=O) groups excluding carboxylic acids is 1. The van der Waals surface area contributed by atoms with E-state index < -0.39 is 4.75 Å². The molecule has 0 aliphatic carbocycles. The molecule has 0 aliphatic rings. The summed E-state index contributed by atoms with van der Waals surface area (Å²) >= 11 is 4.98. The normalized spacial score (nSPS) is 11.3. The van der Waals surface area contributed by atoms with E-state index in [-0.39, 0.29) is 5.91 Å². The van der Waals surface area contributed by atoms with Crippen LogP contribution < -0.4 is 11.1 Å². The second kappa shape index (κ2) is 7.88. The first kappa shape index (κ1) is 17.9. The number of anilines is 1. The van der Waals surface area contributed by atoms with Gasteiger partial charge in [0.1, 0.15) is 0 Å². The van der Waals surface area contributed by atoms with Gasteiger partial charge in [-0.15, -0.1) is 11.8 Å². The van der Waals surface area contributed by atoms with Crippen molar-refractivity contribution in [1.82, 2.24) is 5.32 Å². The molecule has 2 rings (SSSR count). The van der Waals surface area contributed by atoms with Crippen LogP contribution in [-0.4, -0.2) is 17.2 Å². The number of carbonyl (C=O) groups is 1. The Labute approximate surface area is 150 Å². The third kappa shape index (κ3) is 5.59. The highest BCUT2D eigenvalue weighted by atomic mass is 79.9. The molecule has 3 N–H and O–H groups in total. The molecule has 0 bridgehead atoms. The Morgan fingerprint density at radius 2 is 1.74 bits per heavy atom. The van der Waals surface area contributed by atoms with Gasteiger partial charge in [0.05, 0.1) is 4.75 Å². The van der Waals surface area contributed by atoms with Crippen LogP contribution in [0.1, 0.15) is 19.4 Å². The van der Waals surface area contributed by atoms with Crippen LogP contribution >= 0.6 is 27.7 Å². The molecule has 23 heavy (non-hydrogen) atoms. The Balaban J connectivity index is 1.85. The Morgan fingerprint density at radius 1 is 1.13 bits per heavy atom. The van der Waals surface area contributed by atoms with Crippen LogP contribution in [0.2, 0.25) is 0 Å². The van der Waals surface area contributed by atoms with Crippen molar-refractivity contribution in [2.24, 2.45) is 0 Å².